The van der Waals surface area contributed by atoms with Gasteiger partial charge in [-0.1, -0.05) is 37.3 Å². The molecule has 0 bridgehead atoms. The molecule has 198 valence electrons. The van der Waals surface area contributed by atoms with Crippen molar-refractivity contribution in [1.29, 1.82) is 0 Å². The standard InChI is InChI=1S/C29H32N4O5/c1-3-24(34)22(14-17-9-7-13-30-27(17)35)32-28(36)26-19-10-5-4-8-18(19)16-33(26)29(37)23-15-20-21(31-23)11-6-12-25(20)38-2/h4-6,8,10-12,15,17,22,26,31H,3,7,9,13-14,16H2,1-2H3,(H,30,35)(H,32,36). The smallest absolute Gasteiger partial charge is 0.271 e. The number of nitrogens with one attached hydrogen (secondary N) is 3. The van der Waals surface area contributed by atoms with E-state index in [2.05, 4.69) is 15.6 Å². The van der Waals surface area contributed by atoms with Crippen LogP contribution < -0.4 is 15.4 Å². The molecule has 2 aromatic carbocycles. The Hall–Kier alpha value is -4.14. The maximum Gasteiger partial charge on any atom is 0.271 e. The molecule has 3 heterocycles. The number of carbonyl (C=O) groups excluding carboxylic acids is 4. The van der Waals surface area contributed by atoms with Crippen molar-refractivity contribution in [2.45, 2.75) is 51.2 Å². The summed E-state index contributed by atoms with van der Waals surface area (Å²) in [6.07, 6.45) is 2.00. The average Bonchev–Trinajstić information content (AvgIpc) is 3.55. The van der Waals surface area contributed by atoms with Gasteiger partial charge >= 0.3 is 0 Å². The van der Waals surface area contributed by atoms with E-state index in [1.807, 2.05) is 42.5 Å². The fourth-order valence-electron chi connectivity index (χ4n) is 5.55. The molecule has 5 rings (SSSR count). The Labute approximate surface area is 220 Å². The largest absolute Gasteiger partial charge is 0.496 e. The molecular formula is C29H32N4O5. The van der Waals surface area contributed by atoms with Gasteiger partial charge in [0.15, 0.2) is 5.78 Å². The highest BCUT2D eigenvalue weighted by Gasteiger charge is 2.41. The maximum atomic E-state index is 13.8. The number of methoxy groups -OCH3 is 1. The zero-order valence-electron chi connectivity index (χ0n) is 21.6. The van der Waals surface area contributed by atoms with Crippen molar-refractivity contribution >= 4 is 34.4 Å². The van der Waals surface area contributed by atoms with Crippen LogP contribution >= 0.6 is 0 Å². The van der Waals surface area contributed by atoms with E-state index in [1.54, 1.807) is 20.1 Å². The first-order valence-electron chi connectivity index (χ1n) is 13.1. The summed E-state index contributed by atoms with van der Waals surface area (Å²) in [7, 11) is 1.58. The second kappa shape index (κ2) is 10.7. The first kappa shape index (κ1) is 25.5. The summed E-state index contributed by atoms with van der Waals surface area (Å²) in [5.74, 6) is -0.672. The summed E-state index contributed by atoms with van der Waals surface area (Å²) in [5, 5.41) is 6.53. The highest BCUT2D eigenvalue weighted by Crippen LogP contribution is 2.36. The van der Waals surface area contributed by atoms with E-state index in [0.717, 1.165) is 28.5 Å². The predicted octanol–water partition coefficient (Wildman–Crippen LogP) is 3.25. The lowest BCUT2D eigenvalue weighted by Gasteiger charge is -2.29. The van der Waals surface area contributed by atoms with E-state index >= 15 is 0 Å². The van der Waals surface area contributed by atoms with Gasteiger partial charge in [0.1, 0.15) is 17.5 Å². The highest BCUT2D eigenvalue weighted by atomic mass is 16.5. The second-order valence-corrected chi connectivity index (χ2v) is 9.89. The predicted molar refractivity (Wildman–Crippen MR) is 141 cm³/mol. The lowest BCUT2D eigenvalue weighted by atomic mass is 9.89. The molecule has 0 radical (unpaired) electrons. The third-order valence-electron chi connectivity index (χ3n) is 7.56. The molecule has 1 aromatic heterocycles. The number of hydrogen-bond acceptors (Lipinski definition) is 5. The molecule has 3 amide bonds. The summed E-state index contributed by atoms with van der Waals surface area (Å²) < 4.78 is 5.43. The molecule has 2 aliphatic rings. The van der Waals surface area contributed by atoms with E-state index in [4.69, 9.17) is 4.74 Å². The van der Waals surface area contributed by atoms with Crippen molar-refractivity contribution in [2.24, 2.45) is 5.92 Å². The first-order chi connectivity index (χ1) is 18.4. The fourth-order valence-corrected chi connectivity index (χ4v) is 5.55. The molecule has 3 aromatic rings. The number of H-pyrrole nitrogens is 1. The SMILES string of the molecule is CCC(=O)C(CC1CCCNC1=O)NC(=O)C1c2ccccc2CN1C(=O)c1cc2c(OC)cccc2[nH]1. The molecule has 1 saturated heterocycles. The van der Waals surface area contributed by atoms with Gasteiger partial charge in [-0.05, 0) is 48.6 Å². The molecular weight excluding hydrogens is 484 g/mol. The molecule has 0 saturated carbocycles. The van der Waals surface area contributed by atoms with Crippen LogP contribution in [0.15, 0.2) is 48.5 Å². The summed E-state index contributed by atoms with van der Waals surface area (Å²) in [4.78, 5) is 57.5. The number of ketones is 1. The number of hydrogen-bond donors (Lipinski definition) is 3. The summed E-state index contributed by atoms with van der Waals surface area (Å²) >= 11 is 0. The van der Waals surface area contributed by atoms with Crippen molar-refractivity contribution < 1.29 is 23.9 Å². The van der Waals surface area contributed by atoms with Crippen molar-refractivity contribution in [1.82, 2.24) is 20.5 Å². The number of benzene rings is 2. The summed E-state index contributed by atoms with van der Waals surface area (Å²) in [6.45, 7) is 2.63. The lowest BCUT2D eigenvalue weighted by Crippen LogP contribution is -2.49. The Morgan fingerprint density at radius 2 is 1.97 bits per heavy atom. The van der Waals surface area contributed by atoms with Gasteiger partial charge in [0.05, 0.1) is 13.2 Å². The Bertz CT molecular complexity index is 1400. The third kappa shape index (κ3) is 4.76. The molecule has 9 heteroatoms. The number of ether oxygens (including phenoxy) is 1. The van der Waals surface area contributed by atoms with Gasteiger partial charge in [-0.15, -0.1) is 0 Å². The van der Waals surface area contributed by atoms with Crippen LogP contribution in [0.5, 0.6) is 5.75 Å². The van der Waals surface area contributed by atoms with Gasteiger partial charge < -0.3 is 25.3 Å². The van der Waals surface area contributed by atoms with E-state index < -0.39 is 18.0 Å². The number of fused-ring (bicyclic) bond motifs is 2. The average molecular weight is 517 g/mol. The molecule has 9 nitrogen and oxygen atoms in total. The van der Waals surface area contributed by atoms with Crippen LogP contribution in [-0.4, -0.2) is 53.1 Å². The van der Waals surface area contributed by atoms with Crippen LogP contribution in [0.1, 0.15) is 60.3 Å². The molecule has 0 spiro atoms. The zero-order chi connectivity index (χ0) is 26.8. The monoisotopic (exact) mass is 516 g/mol. The Morgan fingerprint density at radius 3 is 2.74 bits per heavy atom. The van der Waals surface area contributed by atoms with Crippen molar-refractivity contribution in [2.75, 3.05) is 13.7 Å². The highest BCUT2D eigenvalue weighted by molar-refractivity contribution is 6.02. The minimum Gasteiger partial charge on any atom is -0.496 e. The van der Waals surface area contributed by atoms with E-state index in [-0.39, 0.29) is 42.9 Å². The Balaban J connectivity index is 1.43. The fraction of sp³-hybridized carbons (Fsp3) is 0.379. The van der Waals surface area contributed by atoms with E-state index in [1.165, 1.54) is 4.90 Å². The Morgan fingerprint density at radius 1 is 1.16 bits per heavy atom. The number of nitrogens with zero attached hydrogens (tertiary/aromatic N) is 1. The zero-order valence-corrected chi connectivity index (χ0v) is 21.6. The second-order valence-electron chi connectivity index (χ2n) is 9.89. The molecule has 1 fully saturated rings. The molecule has 0 aliphatic carbocycles. The van der Waals surface area contributed by atoms with Crippen molar-refractivity contribution in [3.05, 3.63) is 65.4 Å². The van der Waals surface area contributed by atoms with Crippen LogP contribution in [0.2, 0.25) is 0 Å². The molecule has 3 unspecified atom stereocenters. The normalized spacial score (nSPS) is 19.5. The van der Waals surface area contributed by atoms with Gasteiger partial charge in [0.25, 0.3) is 5.91 Å². The van der Waals surface area contributed by atoms with Crippen molar-refractivity contribution in [3.8, 4) is 5.75 Å². The maximum absolute atomic E-state index is 13.8. The van der Waals surface area contributed by atoms with Gasteiger partial charge in [-0.25, -0.2) is 0 Å². The number of Topliss-reactive ketones (excluding diaryl/α,β-unsaturated/α-hetero) is 1. The van der Waals surface area contributed by atoms with Crippen LogP contribution in [0, 0.1) is 5.92 Å². The quantitative estimate of drug-likeness (QED) is 0.425. The minimum atomic E-state index is -0.903. The van der Waals surface area contributed by atoms with E-state index in [0.29, 0.717) is 24.4 Å². The number of carbonyl (C=O) groups is 4. The topological polar surface area (TPSA) is 121 Å². The molecule has 2 aliphatic heterocycles. The summed E-state index contributed by atoms with van der Waals surface area (Å²) in [5.41, 5.74) is 2.70. The Kier molecular flexibility index (Phi) is 7.18. The number of aromatic amines is 1. The summed E-state index contributed by atoms with van der Waals surface area (Å²) in [6, 6.07) is 13.0. The van der Waals surface area contributed by atoms with Gasteiger partial charge in [-0.3, -0.25) is 19.2 Å². The lowest BCUT2D eigenvalue weighted by molar-refractivity contribution is -0.132. The van der Waals surface area contributed by atoms with Gasteiger partial charge in [0, 0.05) is 36.3 Å². The number of piperidine rings is 1. The van der Waals surface area contributed by atoms with Gasteiger partial charge in [-0.2, -0.15) is 0 Å². The molecule has 38 heavy (non-hydrogen) atoms. The van der Waals surface area contributed by atoms with Crippen LogP contribution in [0.3, 0.4) is 0 Å². The number of aromatic nitrogens is 1. The molecule has 3 atom stereocenters. The first-order valence-corrected chi connectivity index (χ1v) is 13.1. The van der Waals surface area contributed by atoms with Crippen LogP contribution in [0.4, 0.5) is 0 Å². The van der Waals surface area contributed by atoms with Gasteiger partial charge in [0.2, 0.25) is 11.8 Å². The van der Waals surface area contributed by atoms with Crippen LogP contribution in [-0.2, 0) is 20.9 Å². The third-order valence-corrected chi connectivity index (χ3v) is 7.56. The van der Waals surface area contributed by atoms with E-state index in [9.17, 15) is 19.2 Å². The van der Waals surface area contributed by atoms with Crippen molar-refractivity contribution in [3.63, 3.8) is 0 Å². The molecule has 3 N–H and O–H groups in total. The number of rotatable bonds is 8. The number of amides is 3. The van der Waals surface area contributed by atoms with Crippen LogP contribution in [0.25, 0.3) is 10.9 Å². The minimum absolute atomic E-state index is 0.0864.